The predicted molar refractivity (Wildman–Crippen MR) is 143 cm³/mol. The Morgan fingerprint density at radius 2 is 1.71 bits per heavy atom. The molecule has 5 rings (SSSR count). The Labute approximate surface area is 222 Å². The number of amides is 2. The van der Waals surface area contributed by atoms with E-state index in [1.807, 2.05) is 54.3 Å². The molecule has 2 heterocycles. The van der Waals surface area contributed by atoms with Gasteiger partial charge in [0.2, 0.25) is 5.91 Å². The number of nitrogens with zero attached hydrogens (tertiary/aromatic N) is 2. The smallest absolute Gasteiger partial charge is 0.254 e. The third-order valence-electron chi connectivity index (χ3n) is 7.13. The third kappa shape index (κ3) is 5.56. The van der Waals surface area contributed by atoms with Crippen molar-refractivity contribution in [2.75, 3.05) is 51.3 Å². The molecule has 8 heteroatoms. The van der Waals surface area contributed by atoms with Crippen LogP contribution in [0.1, 0.15) is 40.4 Å². The van der Waals surface area contributed by atoms with Gasteiger partial charge in [0, 0.05) is 37.4 Å². The van der Waals surface area contributed by atoms with Crippen molar-refractivity contribution < 1.29 is 23.5 Å². The molecule has 2 aliphatic heterocycles. The molecule has 2 amide bonds. The summed E-state index contributed by atoms with van der Waals surface area (Å²) in [5, 5.41) is 2.96. The highest BCUT2D eigenvalue weighted by Gasteiger charge is 2.44. The number of nitrogens with one attached hydrogen (secondary N) is 1. The van der Waals surface area contributed by atoms with E-state index in [1.165, 1.54) is 24.3 Å². The molecule has 38 heavy (non-hydrogen) atoms. The number of rotatable bonds is 8. The molecule has 0 unspecified atom stereocenters. The number of carbonyl (C=O) groups excluding carboxylic acids is 2. The van der Waals surface area contributed by atoms with Gasteiger partial charge in [0.25, 0.3) is 5.91 Å². The first-order valence-electron chi connectivity index (χ1n) is 13.0. The lowest BCUT2D eigenvalue weighted by Gasteiger charge is -2.42. The van der Waals surface area contributed by atoms with Crippen LogP contribution in [0.2, 0.25) is 0 Å². The standard InChI is InChI=1S/C30H32FN3O4/c1-2-38-24-13-7-21(8-14-24)28-27(29(35)32-23-11-9-22(31)10-12-23)25-5-3-4-6-26(25)30(36)34(28)16-15-33-17-19-37-20-18-33/h3-14,27-28H,2,15-20H2,1H3,(H,32,35)/t27-,28-/m0/s1. The summed E-state index contributed by atoms with van der Waals surface area (Å²) in [5.41, 5.74) is 2.54. The molecular formula is C30H32FN3O4. The maximum absolute atomic E-state index is 13.9. The molecule has 1 fully saturated rings. The number of hydrogen-bond acceptors (Lipinski definition) is 5. The van der Waals surface area contributed by atoms with Gasteiger partial charge in [-0.2, -0.15) is 0 Å². The highest BCUT2D eigenvalue weighted by Crippen LogP contribution is 2.43. The zero-order chi connectivity index (χ0) is 26.5. The van der Waals surface area contributed by atoms with Gasteiger partial charge in [-0.25, -0.2) is 4.39 Å². The van der Waals surface area contributed by atoms with E-state index in [2.05, 4.69) is 10.2 Å². The SMILES string of the molecule is CCOc1ccc([C@H]2[C@@H](C(=O)Nc3ccc(F)cc3)c3ccccc3C(=O)N2CCN2CCOCC2)cc1. The molecule has 1 N–H and O–H groups in total. The van der Waals surface area contributed by atoms with Crippen LogP contribution in [0.25, 0.3) is 0 Å². The minimum atomic E-state index is -0.670. The van der Waals surface area contributed by atoms with E-state index in [1.54, 1.807) is 6.07 Å². The Balaban J connectivity index is 1.54. The number of ether oxygens (including phenoxy) is 2. The van der Waals surface area contributed by atoms with Gasteiger partial charge in [-0.15, -0.1) is 0 Å². The number of fused-ring (bicyclic) bond motifs is 1. The Hall–Kier alpha value is -3.75. The topological polar surface area (TPSA) is 71.1 Å². The molecule has 1 saturated heterocycles. The van der Waals surface area contributed by atoms with E-state index >= 15 is 0 Å². The van der Waals surface area contributed by atoms with Crippen LogP contribution in [0.5, 0.6) is 5.75 Å². The third-order valence-corrected chi connectivity index (χ3v) is 7.13. The van der Waals surface area contributed by atoms with Crippen LogP contribution in [0.4, 0.5) is 10.1 Å². The van der Waals surface area contributed by atoms with Crippen LogP contribution in [0.3, 0.4) is 0 Å². The molecule has 3 aromatic rings. The van der Waals surface area contributed by atoms with Gasteiger partial charge >= 0.3 is 0 Å². The van der Waals surface area contributed by atoms with Crippen LogP contribution < -0.4 is 10.1 Å². The second kappa shape index (κ2) is 11.8. The fourth-order valence-corrected chi connectivity index (χ4v) is 5.25. The number of benzene rings is 3. The summed E-state index contributed by atoms with van der Waals surface area (Å²) >= 11 is 0. The number of halogens is 1. The Bertz CT molecular complexity index is 1260. The molecule has 198 valence electrons. The molecule has 2 aliphatic rings. The average molecular weight is 518 g/mol. The highest BCUT2D eigenvalue weighted by molar-refractivity contribution is 6.04. The molecule has 0 aromatic heterocycles. The van der Waals surface area contributed by atoms with Crippen molar-refractivity contribution in [1.82, 2.24) is 9.80 Å². The fourth-order valence-electron chi connectivity index (χ4n) is 5.25. The van der Waals surface area contributed by atoms with Crippen molar-refractivity contribution >= 4 is 17.5 Å². The van der Waals surface area contributed by atoms with Gasteiger partial charge in [-0.3, -0.25) is 14.5 Å². The van der Waals surface area contributed by atoms with Gasteiger partial charge in [-0.1, -0.05) is 30.3 Å². The molecule has 2 atom stereocenters. The van der Waals surface area contributed by atoms with Crippen LogP contribution in [-0.2, 0) is 9.53 Å². The van der Waals surface area contributed by atoms with E-state index in [9.17, 15) is 14.0 Å². The molecule has 7 nitrogen and oxygen atoms in total. The van der Waals surface area contributed by atoms with Gasteiger partial charge < -0.3 is 19.7 Å². The predicted octanol–water partition coefficient (Wildman–Crippen LogP) is 4.48. The highest BCUT2D eigenvalue weighted by atomic mass is 19.1. The van der Waals surface area contributed by atoms with Crippen molar-refractivity contribution in [3.05, 3.63) is 95.3 Å². The molecule has 0 saturated carbocycles. The minimum absolute atomic E-state index is 0.0985. The number of hydrogen-bond donors (Lipinski definition) is 1. The van der Waals surface area contributed by atoms with E-state index in [0.717, 1.165) is 24.4 Å². The Morgan fingerprint density at radius 1 is 1.00 bits per heavy atom. The Morgan fingerprint density at radius 3 is 2.42 bits per heavy atom. The second-order valence-electron chi connectivity index (χ2n) is 9.46. The van der Waals surface area contributed by atoms with Crippen LogP contribution in [0, 0.1) is 5.82 Å². The summed E-state index contributed by atoms with van der Waals surface area (Å²) < 4.78 is 24.6. The zero-order valence-corrected chi connectivity index (χ0v) is 21.4. The molecule has 0 bridgehead atoms. The number of carbonyl (C=O) groups is 2. The van der Waals surface area contributed by atoms with Crippen molar-refractivity contribution in [2.24, 2.45) is 0 Å². The first kappa shape index (κ1) is 25.9. The summed E-state index contributed by atoms with van der Waals surface area (Å²) in [6.07, 6.45) is 0. The second-order valence-corrected chi connectivity index (χ2v) is 9.46. The summed E-state index contributed by atoms with van der Waals surface area (Å²) in [4.78, 5) is 31.9. The normalized spacial score (nSPS) is 19.6. The monoisotopic (exact) mass is 517 g/mol. The van der Waals surface area contributed by atoms with Crippen LogP contribution >= 0.6 is 0 Å². The molecule has 3 aromatic carbocycles. The lowest BCUT2D eigenvalue weighted by atomic mass is 9.79. The van der Waals surface area contributed by atoms with Crippen molar-refractivity contribution in [1.29, 1.82) is 0 Å². The fraction of sp³-hybridized carbons (Fsp3) is 0.333. The van der Waals surface area contributed by atoms with E-state index in [4.69, 9.17) is 9.47 Å². The number of morpholine rings is 1. The quantitative estimate of drug-likeness (QED) is 0.477. The summed E-state index contributed by atoms with van der Waals surface area (Å²) in [5.74, 6) is -0.675. The van der Waals surface area contributed by atoms with Crippen molar-refractivity contribution in [3.63, 3.8) is 0 Å². The van der Waals surface area contributed by atoms with Crippen LogP contribution in [-0.4, -0.2) is 67.6 Å². The molecule has 0 radical (unpaired) electrons. The van der Waals surface area contributed by atoms with Gasteiger partial charge in [0.05, 0.1) is 31.8 Å². The Kier molecular flexibility index (Phi) is 8.00. The maximum atomic E-state index is 13.9. The average Bonchev–Trinajstić information content (AvgIpc) is 2.95. The lowest BCUT2D eigenvalue weighted by molar-refractivity contribution is -0.119. The van der Waals surface area contributed by atoms with Gasteiger partial charge in [0.15, 0.2) is 0 Å². The van der Waals surface area contributed by atoms with Gasteiger partial charge in [0.1, 0.15) is 11.6 Å². The minimum Gasteiger partial charge on any atom is -0.494 e. The van der Waals surface area contributed by atoms with Crippen LogP contribution in [0.15, 0.2) is 72.8 Å². The molecule has 0 aliphatic carbocycles. The molecule has 0 spiro atoms. The zero-order valence-electron chi connectivity index (χ0n) is 21.4. The van der Waals surface area contributed by atoms with Crippen molar-refractivity contribution in [3.8, 4) is 5.75 Å². The summed E-state index contributed by atoms with van der Waals surface area (Å²) in [6.45, 7) is 6.56. The van der Waals surface area contributed by atoms with E-state index in [0.29, 0.717) is 49.7 Å². The maximum Gasteiger partial charge on any atom is 0.254 e. The summed E-state index contributed by atoms with van der Waals surface area (Å²) in [6, 6.07) is 20.1. The first-order chi connectivity index (χ1) is 18.5. The van der Waals surface area contributed by atoms with E-state index in [-0.39, 0.29) is 17.6 Å². The van der Waals surface area contributed by atoms with Gasteiger partial charge in [-0.05, 0) is 60.5 Å². The largest absolute Gasteiger partial charge is 0.494 e. The summed E-state index contributed by atoms with van der Waals surface area (Å²) in [7, 11) is 0. The lowest BCUT2D eigenvalue weighted by Crippen LogP contribution is -2.49. The van der Waals surface area contributed by atoms with E-state index < -0.39 is 12.0 Å². The number of anilines is 1. The molecular weight excluding hydrogens is 485 g/mol. The first-order valence-corrected chi connectivity index (χ1v) is 13.0. The van der Waals surface area contributed by atoms with Crippen molar-refractivity contribution in [2.45, 2.75) is 18.9 Å².